The number of carbonyl (C=O) groups is 3. The van der Waals surface area contributed by atoms with Gasteiger partial charge in [0.15, 0.2) is 0 Å². The Hall–Kier alpha value is -5.20. The van der Waals surface area contributed by atoms with Crippen LogP contribution in [-0.4, -0.2) is 22.5 Å². The van der Waals surface area contributed by atoms with Gasteiger partial charge < -0.3 is 10.1 Å². The molecule has 44 heavy (non-hydrogen) atoms. The fraction of sp³-hybridized carbons (Fsp3) is 0.105. The summed E-state index contributed by atoms with van der Waals surface area (Å²) in [5.74, 6) is -1.09. The van der Waals surface area contributed by atoms with E-state index < -0.39 is 5.92 Å². The van der Waals surface area contributed by atoms with E-state index in [2.05, 4.69) is 11.4 Å². The van der Waals surface area contributed by atoms with Crippen molar-refractivity contribution in [2.24, 2.45) is 0 Å². The highest BCUT2D eigenvalue weighted by Crippen LogP contribution is 2.47. The maximum Gasteiger partial charge on any atom is 0.255 e. The number of amides is 1. The van der Waals surface area contributed by atoms with E-state index in [1.165, 1.54) is 18.3 Å². The Bertz CT molecular complexity index is 1940. The predicted octanol–water partition coefficient (Wildman–Crippen LogP) is 8.95. The molecule has 0 bridgehead atoms. The number of pyridine rings is 1. The second-order valence-electron chi connectivity index (χ2n) is 10.6. The van der Waals surface area contributed by atoms with Crippen molar-refractivity contribution < 1.29 is 14.4 Å². The van der Waals surface area contributed by atoms with Crippen molar-refractivity contribution in [1.82, 2.24) is 4.98 Å². The number of hydrogen-bond donors (Lipinski definition) is 1. The molecule has 0 radical (unpaired) electrons. The van der Waals surface area contributed by atoms with Gasteiger partial charge in [0.25, 0.3) is 5.91 Å². The lowest BCUT2D eigenvalue weighted by Crippen LogP contribution is -2.18. The molecule has 5 nitrogen and oxygen atoms in total. The maximum atomic E-state index is 14.0. The van der Waals surface area contributed by atoms with Crippen LogP contribution < -0.4 is 5.32 Å². The summed E-state index contributed by atoms with van der Waals surface area (Å²) in [7, 11) is 0. The first-order chi connectivity index (χ1) is 21.5. The summed E-state index contributed by atoms with van der Waals surface area (Å²) in [6, 6.07) is 40.6. The number of thiophene rings is 1. The summed E-state index contributed by atoms with van der Waals surface area (Å²) < 4.78 is 0. The van der Waals surface area contributed by atoms with Gasteiger partial charge >= 0.3 is 0 Å². The summed E-state index contributed by atoms with van der Waals surface area (Å²) in [5.41, 5.74) is 5.51. The van der Waals surface area contributed by atoms with Crippen LogP contribution in [0.15, 0.2) is 127 Å². The van der Waals surface area contributed by atoms with Crippen LogP contribution in [0.1, 0.15) is 46.5 Å². The van der Waals surface area contributed by atoms with E-state index in [1.54, 1.807) is 12.1 Å². The van der Waals surface area contributed by atoms with Crippen molar-refractivity contribution >= 4 is 44.7 Å². The lowest BCUT2D eigenvalue weighted by molar-refractivity contribution is -0.123. The molecule has 0 aliphatic carbocycles. The van der Waals surface area contributed by atoms with E-state index in [1.807, 2.05) is 109 Å². The number of hydrogen-bond acceptors (Lipinski definition) is 5. The number of Topliss-reactive ketones (excluding diaryl/α,β-unsaturated/α-hetero) is 2. The van der Waals surface area contributed by atoms with Gasteiger partial charge in [-0.15, -0.1) is 11.3 Å². The molecule has 1 atom stereocenters. The zero-order valence-corrected chi connectivity index (χ0v) is 25.0. The van der Waals surface area contributed by atoms with Gasteiger partial charge in [-0.1, -0.05) is 109 Å². The SMILES string of the molecule is CC(=O)CCC(=O)C(c1ccccc1)c1sc2nc(-c3ccccc3)cc(-c3ccccc3)c2c1NC(=O)c1ccccc1. The number of rotatable bonds is 10. The fourth-order valence-corrected chi connectivity index (χ4v) is 6.70. The van der Waals surface area contributed by atoms with Crippen molar-refractivity contribution in [3.63, 3.8) is 0 Å². The Morgan fingerprint density at radius 1 is 0.727 bits per heavy atom. The van der Waals surface area contributed by atoms with Gasteiger partial charge in [0, 0.05) is 34.2 Å². The molecule has 0 saturated heterocycles. The average molecular weight is 595 g/mol. The van der Waals surface area contributed by atoms with E-state index in [9.17, 15) is 14.4 Å². The fourth-order valence-electron chi connectivity index (χ4n) is 5.39. The predicted molar refractivity (Wildman–Crippen MR) is 178 cm³/mol. The number of nitrogens with zero attached hydrogens (tertiary/aromatic N) is 1. The van der Waals surface area contributed by atoms with Gasteiger partial charge in [0.1, 0.15) is 16.4 Å². The number of fused-ring (bicyclic) bond motifs is 1. The molecule has 0 saturated carbocycles. The second kappa shape index (κ2) is 13.0. The summed E-state index contributed by atoms with van der Waals surface area (Å²) in [6.07, 6.45) is 0.258. The van der Waals surface area contributed by atoms with Gasteiger partial charge in [-0.05, 0) is 41.8 Å². The molecule has 2 heterocycles. The number of carbonyl (C=O) groups excluding carboxylic acids is 3. The van der Waals surface area contributed by atoms with Crippen LogP contribution in [0, 0.1) is 0 Å². The summed E-state index contributed by atoms with van der Waals surface area (Å²) in [5, 5.41) is 3.98. The molecule has 0 aliphatic rings. The topological polar surface area (TPSA) is 76.1 Å². The molecule has 4 aromatic carbocycles. The Kier molecular flexibility index (Phi) is 8.52. The van der Waals surface area contributed by atoms with Crippen LogP contribution in [-0.2, 0) is 9.59 Å². The minimum Gasteiger partial charge on any atom is -0.320 e. The van der Waals surface area contributed by atoms with Gasteiger partial charge in [0.05, 0.1) is 17.3 Å². The maximum absolute atomic E-state index is 14.0. The van der Waals surface area contributed by atoms with Crippen LogP contribution in [0.5, 0.6) is 0 Å². The average Bonchev–Trinajstić information content (AvgIpc) is 3.42. The van der Waals surface area contributed by atoms with E-state index in [0.717, 1.165) is 33.3 Å². The van der Waals surface area contributed by atoms with Gasteiger partial charge in [-0.2, -0.15) is 0 Å². The van der Waals surface area contributed by atoms with Crippen LogP contribution in [0.2, 0.25) is 0 Å². The molecular weight excluding hydrogens is 564 g/mol. The minimum absolute atomic E-state index is 0.0420. The molecular formula is C38H30N2O3S. The molecule has 6 heteroatoms. The number of ketones is 2. The Labute approximate surface area is 260 Å². The molecule has 1 unspecified atom stereocenters. The van der Waals surface area contributed by atoms with Crippen molar-refractivity contribution in [1.29, 1.82) is 0 Å². The lowest BCUT2D eigenvalue weighted by atomic mass is 9.88. The van der Waals surface area contributed by atoms with Gasteiger partial charge in [-0.25, -0.2) is 4.98 Å². The van der Waals surface area contributed by atoms with E-state index in [-0.39, 0.29) is 30.3 Å². The first-order valence-electron chi connectivity index (χ1n) is 14.5. The molecule has 1 N–H and O–H groups in total. The summed E-state index contributed by atoms with van der Waals surface area (Å²) >= 11 is 1.41. The number of benzene rings is 4. The lowest BCUT2D eigenvalue weighted by Gasteiger charge is -2.18. The largest absolute Gasteiger partial charge is 0.320 e. The number of aromatic nitrogens is 1. The van der Waals surface area contributed by atoms with Crippen molar-refractivity contribution in [2.75, 3.05) is 5.32 Å². The van der Waals surface area contributed by atoms with Gasteiger partial charge in [-0.3, -0.25) is 9.59 Å². The smallest absolute Gasteiger partial charge is 0.255 e. The third kappa shape index (κ3) is 6.12. The van der Waals surface area contributed by atoms with Crippen molar-refractivity contribution in [2.45, 2.75) is 25.7 Å². The Balaban J connectivity index is 1.64. The molecule has 0 fully saturated rings. The third-order valence-electron chi connectivity index (χ3n) is 7.56. The van der Waals surface area contributed by atoms with Crippen LogP contribution >= 0.6 is 11.3 Å². The van der Waals surface area contributed by atoms with E-state index in [4.69, 9.17) is 4.98 Å². The first-order valence-corrected chi connectivity index (χ1v) is 15.3. The first kappa shape index (κ1) is 28.9. The highest BCUT2D eigenvalue weighted by Gasteiger charge is 2.31. The van der Waals surface area contributed by atoms with Crippen molar-refractivity contribution in [3.05, 3.63) is 143 Å². The zero-order valence-electron chi connectivity index (χ0n) is 24.2. The molecule has 0 spiro atoms. The molecule has 2 aromatic heterocycles. The van der Waals surface area contributed by atoms with Crippen LogP contribution in [0.25, 0.3) is 32.6 Å². The molecule has 6 aromatic rings. The number of anilines is 1. The molecule has 0 aliphatic heterocycles. The Morgan fingerprint density at radius 2 is 1.30 bits per heavy atom. The standard InChI is InChI=1S/C38H30N2O3S/c1-25(41)22-23-32(42)33(28-18-10-4-11-19-28)36-35(40-37(43)29-20-12-5-13-21-29)34-30(26-14-6-2-7-15-26)24-31(39-38(34)44-36)27-16-8-3-9-17-27/h2-21,24,33H,22-23H2,1H3,(H,40,43). The van der Waals surface area contributed by atoms with Crippen molar-refractivity contribution in [3.8, 4) is 22.4 Å². The van der Waals surface area contributed by atoms with E-state index >= 15 is 0 Å². The molecule has 6 rings (SSSR count). The zero-order chi connectivity index (χ0) is 30.5. The van der Waals surface area contributed by atoms with E-state index in [0.29, 0.717) is 21.0 Å². The molecule has 1 amide bonds. The number of nitrogens with one attached hydrogen (secondary N) is 1. The third-order valence-corrected chi connectivity index (χ3v) is 8.71. The molecule has 216 valence electrons. The quantitative estimate of drug-likeness (QED) is 0.172. The second-order valence-corrected chi connectivity index (χ2v) is 11.7. The summed E-state index contributed by atoms with van der Waals surface area (Å²) in [6.45, 7) is 1.50. The van der Waals surface area contributed by atoms with Gasteiger partial charge in [0.2, 0.25) is 0 Å². The monoisotopic (exact) mass is 594 g/mol. The minimum atomic E-state index is -0.690. The summed E-state index contributed by atoms with van der Waals surface area (Å²) in [4.78, 5) is 46.2. The van der Waals surface area contributed by atoms with Crippen LogP contribution in [0.4, 0.5) is 5.69 Å². The highest BCUT2D eigenvalue weighted by atomic mass is 32.1. The highest BCUT2D eigenvalue weighted by molar-refractivity contribution is 7.19. The normalized spacial score (nSPS) is 11.7. The van der Waals surface area contributed by atoms with Crippen LogP contribution in [0.3, 0.4) is 0 Å². The Morgan fingerprint density at radius 3 is 1.91 bits per heavy atom.